The number of ether oxygens (including phenoxy) is 1. The molecule has 0 saturated carbocycles. The molecule has 3 aliphatic heterocycles. The Labute approximate surface area is 329 Å². The number of imidazole rings is 1. The number of esters is 1. The first-order valence-corrected chi connectivity index (χ1v) is 19.2. The van der Waals surface area contributed by atoms with E-state index in [1.165, 1.54) is 17.1 Å². The average Bonchev–Trinajstić information content (AvgIpc) is 4.00. The largest absolute Gasteiger partial charge is 0.460 e. The maximum Gasteiger partial charge on any atom is 0.329 e. The highest BCUT2D eigenvalue weighted by molar-refractivity contribution is 5.95. The first-order chi connectivity index (χ1) is 27.4. The van der Waals surface area contributed by atoms with Crippen LogP contribution in [0.1, 0.15) is 68.5 Å². The van der Waals surface area contributed by atoms with Gasteiger partial charge in [0.15, 0.2) is 11.6 Å². The number of nitrogens with one attached hydrogen (secondary N) is 4. The molecule has 6 heterocycles. The number of aliphatic hydroxyl groups excluding tert-OH is 1. The number of aliphatic hydroxyl groups is 1. The molecule has 3 aromatic rings. The summed E-state index contributed by atoms with van der Waals surface area (Å²) in [5, 5.41) is 17.9. The summed E-state index contributed by atoms with van der Waals surface area (Å²) in [4.78, 5) is 63.7. The van der Waals surface area contributed by atoms with Crippen LogP contribution in [0, 0.1) is 11.8 Å². The monoisotopic (exact) mass is 787 g/mol. The number of halogens is 1. The molecule has 5 atom stereocenters. The zero-order valence-corrected chi connectivity index (χ0v) is 32.3. The topological polar surface area (TPSA) is 196 Å². The van der Waals surface area contributed by atoms with Gasteiger partial charge in [-0.3, -0.25) is 23.8 Å². The summed E-state index contributed by atoms with van der Waals surface area (Å²) in [6.45, 7) is 6.58. The number of cyclic esters (lactones) is 1. The van der Waals surface area contributed by atoms with Crippen molar-refractivity contribution in [3.05, 3.63) is 96.3 Å². The molecule has 304 valence electrons. The lowest BCUT2D eigenvalue weighted by atomic mass is 9.89. The van der Waals surface area contributed by atoms with E-state index < -0.39 is 48.1 Å². The smallest absolute Gasteiger partial charge is 0.329 e. The Balaban J connectivity index is 1.16. The van der Waals surface area contributed by atoms with E-state index in [0.29, 0.717) is 25.0 Å². The van der Waals surface area contributed by atoms with Crippen LogP contribution in [-0.4, -0.2) is 104 Å². The lowest BCUT2D eigenvalue weighted by molar-refractivity contribution is -0.159. The maximum atomic E-state index is 14.9. The molecule has 1 fully saturated rings. The zero-order chi connectivity index (χ0) is 40.5. The third-order valence-electron chi connectivity index (χ3n) is 9.91. The Morgan fingerprint density at radius 3 is 2.86 bits per heavy atom. The number of carbonyl (C=O) groups is 4. The molecule has 3 aromatic heterocycles. The molecular formula is C40H50FN9O7. The minimum Gasteiger partial charge on any atom is -0.460 e. The van der Waals surface area contributed by atoms with Gasteiger partial charge in [0.05, 0.1) is 36.7 Å². The summed E-state index contributed by atoms with van der Waals surface area (Å²) in [6.07, 6.45) is 11.4. The lowest BCUT2D eigenvalue weighted by Gasteiger charge is -2.31. The van der Waals surface area contributed by atoms with Gasteiger partial charge in [-0.25, -0.2) is 19.2 Å². The number of alkyl halides is 1. The standard InChI is InChI=1S/C40H50FN9O7/c1-25(2)38-27(19-36(53)43-14-17-48-23-30(46-47-48)33-22-44-34-10-4-5-15-49(33)34)11-12-35(52)42-13-6-8-26(3)18-29(51)20-28(41)21-37-45-31(24-56-37)39(54)50-16-7-9-32(50)40(55)57-38/h4-6,8,10-12,15,18,22-25,27-29,32,38,46-47,51H,7,9,13-14,16-17,19-21H2,1-3H3,(H,42,52)(H,43,53)/b8-6?,12-11+,26-18?. The molecule has 3 aliphatic rings. The lowest BCUT2D eigenvalue weighted by Crippen LogP contribution is -2.45. The van der Waals surface area contributed by atoms with Crippen molar-refractivity contribution in [2.75, 3.05) is 26.2 Å². The average molecular weight is 788 g/mol. The highest BCUT2D eigenvalue weighted by Gasteiger charge is 2.39. The van der Waals surface area contributed by atoms with E-state index in [1.54, 1.807) is 36.4 Å². The van der Waals surface area contributed by atoms with Gasteiger partial charge in [-0.1, -0.05) is 49.8 Å². The van der Waals surface area contributed by atoms with Crippen molar-refractivity contribution in [3.63, 3.8) is 0 Å². The summed E-state index contributed by atoms with van der Waals surface area (Å²) in [5.74, 6) is -2.92. The Morgan fingerprint density at radius 2 is 2.04 bits per heavy atom. The van der Waals surface area contributed by atoms with Crippen molar-refractivity contribution < 1.29 is 37.8 Å². The summed E-state index contributed by atoms with van der Waals surface area (Å²) >= 11 is 0. The van der Waals surface area contributed by atoms with Crippen LogP contribution in [0.3, 0.4) is 0 Å². The predicted molar refractivity (Wildman–Crippen MR) is 207 cm³/mol. The van der Waals surface area contributed by atoms with Crippen molar-refractivity contribution in [1.29, 1.82) is 0 Å². The highest BCUT2D eigenvalue weighted by atomic mass is 19.1. The van der Waals surface area contributed by atoms with Crippen LogP contribution in [0.5, 0.6) is 0 Å². The van der Waals surface area contributed by atoms with Crippen LogP contribution in [-0.2, 0) is 25.5 Å². The van der Waals surface area contributed by atoms with Crippen molar-refractivity contribution in [1.82, 2.24) is 45.9 Å². The van der Waals surface area contributed by atoms with Crippen molar-refractivity contribution >= 4 is 35.0 Å². The number of hydrazine groups is 2. The number of hydrogen-bond acceptors (Lipinski definition) is 12. The van der Waals surface area contributed by atoms with Gasteiger partial charge in [-0.15, -0.1) is 5.53 Å². The van der Waals surface area contributed by atoms with E-state index in [0.717, 1.165) is 23.3 Å². The zero-order valence-electron chi connectivity index (χ0n) is 32.3. The SMILES string of the molecule is CC1=CC(O)CC(F)Cc2nc(co2)C(=O)N2CCCC2C(=O)OC(C(C)C)C(CC(=O)NCCN2C=C(c3cnc4ccccn34)NN2)/C=C/C(=O)NCC=C1. The van der Waals surface area contributed by atoms with Crippen LogP contribution in [0.2, 0.25) is 0 Å². The van der Waals surface area contributed by atoms with Gasteiger partial charge in [-0.05, 0) is 43.9 Å². The third kappa shape index (κ3) is 10.7. The fraction of sp³-hybridized carbons (Fsp3) is 0.450. The number of fused-ring (bicyclic) bond motifs is 4. The molecule has 17 heteroatoms. The first-order valence-electron chi connectivity index (χ1n) is 19.2. The molecule has 6 rings (SSSR count). The second kappa shape index (κ2) is 18.9. The van der Waals surface area contributed by atoms with Crippen molar-refractivity contribution in [2.24, 2.45) is 11.8 Å². The molecular weight excluding hydrogens is 737 g/mol. The molecule has 0 spiro atoms. The number of nitrogens with zero attached hydrogens (tertiary/aromatic N) is 5. The van der Waals surface area contributed by atoms with E-state index in [-0.39, 0.29) is 62.3 Å². The van der Waals surface area contributed by atoms with Gasteiger partial charge < -0.3 is 35.2 Å². The summed E-state index contributed by atoms with van der Waals surface area (Å²) in [7, 11) is 0. The minimum absolute atomic E-state index is 0.00299. The molecule has 0 radical (unpaired) electrons. The van der Waals surface area contributed by atoms with Crippen LogP contribution in [0.15, 0.2) is 83.4 Å². The van der Waals surface area contributed by atoms with E-state index >= 15 is 0 Å². The van der Waals surface area contributed by atoms with E-state index in [9.17, 15) is 28.7 Å². The van der Waals surface area contributed by atoms with Crippen LogP contribution in [0.25, 0.3) is 11.3 Å². The molecule has 16 nitrogen and oxygen atoms in total. The van der Waals surface area contributed by atoms with Crippen molar-refractivity contribution in [3.8, 4) is 0 Å². The van der Waals surface area contributed by atoms with Gasteiger partial charge >= 0.3 is 5.97 Å². The maximum absolute atomic E-state index is 14.9. The minimum atomic E-state index is -1.50. The third-order valence-corrected chi connectivity index (χ3v) is 9.91. The van der Waals surface area contributed by atoms with Gasteiger partial charge in [0.25, 0.3) is 5.91 Å². The highest BCUT2D eigenvalue weighted by Crippen LogP contribution is 2.27. The second-order valence-corrected chi connectivity index (χ2v) is 14.7. The van der Waals surface area contributed by atoms with Gasteiger partial charge in [0, 0.05) is 50.8 Å². The summed E-state index contributed by atoms with van der Waals surface area (Å²) < 4.78 is 28.4. The Kier molecular flexibility index (Phi) is 13.5. The van der Waals surface area contributed by atoms with Crippen molar-refractivity contribution in [2.45, 2.75) is 77.3 Å². The number of carbonyl (C=O) groups excluding carboxylic acids is 4. The number of amides is 3. The number of aromatic nitrogens is 3. The van der Waals surface area contributed by atoms with Crippen LogP contribution >= 0.6 is 0 Å². The normalized spacial score (nSPS) is 24.7. The molecule has 1 saturated heterocycles. The molecule has 0 aliphatic carbocycles. The number of oxazole rings is 1. The number of rotatable bonds is 7. The predicted octanol–water partition coefficient (Wildman–Crippen LogP) is 2.76. The van der Waals surface area contributed by atoms with E-state index in [1.807, 2.05) is 48.8 Å². The Hall–Kier alpha value is -5.81. The fourth-order valence-electron chi connectivity index (χ4n) is 7.10. The number of allylic oxidation sites excluding steroid dienone is 2. The summed E-state index contributed by atoms with van der Waals surface area (Å²) in [6, 6.07) is 4.83. The van der Waals surface area contributed by atoms with Gasteiger partial charge in [-0.2, -0.15) is 0 Å². The molecule has 0 aromatic carbocycles. The molecule has 5 unspecified atom stereocenters. The van der Waals surface area contributed by atoms with Crippen LogP contribution < -0.4 is 21.6 Å². The Bertz CT molecular complexity index is 2040. The second-order valence-electron chi connectivity index (χ2n) is 14.7. The molecule has 5 N–H and O–H groups in total. The quantitative estimate of drug-likeness (QED) is 0.220. The number of pyridine rings is 1. The molecule has 2 bridgehead atoms. The Morgan fingerprint density at radius 1 is 1.19 bits per heavy atom. The fourth-order valence-corrected chi connectivity index (χ4v) is 7.10. The number of hydrogen-bond donors (Lipinski definition) is 5. The van der Waals surface area contributed by atoms with Gasteiger partial charge in [0.2, 0.25) is 11.8 Å². The molecule has 57 heavy (non-hydrogen) atoms. The van der Waals surface area contributed by atoms with E-state index in [4.69, 9.17) is 9.15 Å². The van der Waals surface area contributed by atoms with Gasteiger partial charge in [0.1, 0.15) is 30.2 Å². The summed E-state index contributed by atoms with van der Waals surface area (Å²) in [5.41, 5.74) is 9.28. The first kappa shape index (κ1) is 40.8. The van der Waals surface area contributed by atoms with E-state index in [2.05, 4.69) is 31.6 Å². The van der Waals surface area contributed by atoms with Crippen LogP contribution in [0.4, 0.5) is 4.39 Å². The molecule has 3 amide bonds.